The Bertz CT molecular complexity index is 910. The molecule has 0 fully saturated rings. The Hall–Kier alpha value is -2.31. The fourth-order valence-corrected chi connectivity index (χ4v) is 2.63. The molecule has 0 aliphatic carbocycles. The molecule has 0 N–H and O–H groups in total. The van der Waals surface area contributed by atoms with Gasteiger partial charge in [-0.15, -0.1) is 5.10 Å². The number of rotatable bonds is 6. The van der Waals surface area contributed by atoms with Gasteiger partial charge in [0, 0.05) is 23.5 Å². The number of hydrogen-bond acceptors (Lipinski definition) is 5. The molecule has 0 unspecified atom stereocenters. The van der Waals surface area contributed by atoms with Crippen molar-refractivity contribution in [3.8, 4) is 23.3 Å². The van der Waals surface area contributed by atoms with Gasteiger partial charge in [-0.2, -0.15) is 4.68 Å². The number of aryl methyl sites for hydroxylation is 1. The molecule has 1 aromatic carbocycles. The van der Waals surface area contributed by atoms with E-state index in [-0.39, 0.29) is 0 Å². The Balaban J connectivity index is 2.03. The maximum absolute atomic E-state index is 6.21. The maximum Gasteiger partial charge on any atom is 0.277 e. The number of nitrogens with zero attached hydrogens (tertiary/aromatic N) is 4. The first-order valence-corrected chi connectivity index (χ1v) is 8.95. The van der Waals surface area contributed by atoms with Gasteiger partial charge in [-0.05, 0) is 38.0 Å². The van der Waals surface area contributed by atoms with E-state index >= 15 is 0 Å². The minimum Gasteiger partial charge on any atom is -0.474 e. The van der Waals surface area contributed by atoms with Crippen LogP contribution < -0.4 is 9.47 Å². The third kappa shape index (κ3) is 3.76. The van der Waals surface area contributed by atoms with Gasteiger partial charge in [0.2, 0.25) is 5.75 Å². The predicted molar refractivity (Wildman–Crippen MR) is 101 cm³/mol. The Morgan fingerprint density at radius 1 is 1.12 bits per heavy atom. The minimum absolute atomic E-state index is 0.337. The van der Waals surface area contributed by atoms with Crippen LogP contribution in [-0.2, 0) is 6.42 Å². The molecule has 0 saturated carbocycles. The van der Waals surface area contributed by atoms with Crippen LogP contribution in [0.15, 0.2) is 30.6 Å². The van der Waals surface area contributed by atoms with Crippen molar-refractivity contribution in [1.29, 1.82) is 0 Å². The van der Waals surface area contributed by atoms with E-state index in [2.05, 4.69) is 15.1 Å². The van der Waals surface area contributed by atoms with Gasteiger partial charge in [0.05, 0.1) is 17.3 Å². The van der Waals surface area contributed by atoms with Crippen molar-refractivity contribution in [2.24, 2.45) is 0 Å². The number of hydrogen-bond donors (Lipinski definition) is 0. The van der Waals surface area contributed by atoms with E-state index in [0.29, 0.717) is 45.7 Å². The summed E-state index contributed by atoms with van der Waals surface area (Å²) in [6, 6.07) is 5.01. The maximum atomic E-state index is 6.21. The molecule has 3 aromatic rings. The van der Waals surface area contributed by atoms with Crippen LogP contribution in [0.1, 0.15) is 25.1 Å². The van der Waals surface area contributed by atoms with Gasteiger partial charge in [0.15, 0.2) is 0 Å². The minimum atomic E-state index is 0.337. The highest BCUT2D eigenvalue weighted by molar-refractivity contribution is 6.34. The summed E-state index contributed by atoms with van der Waals surface area (Å²) in [6.45, 7) is 6.20. The first kappa shape index (κ1) is 18.5. The zero-order valence-corrected chi connectivity index (χ0v) is 16.2. The van der Waals surface area contributed by atoms with Gasteiger partial charge in [0.25, 0.3) is 11.8 Å². The van der Waals surface area contributed by atoms with E-state index in [1.165, 1.54) is 0 Å². The lowest BCUT2D eigenvalue weighted by Gasteiger charge is -2.09. The summed E-state index contributed by atoms with van der Waals surface area (Å²) in [5.74, 6) is 1.64. The van der Waals surface area contributed by atoms with Gasteiger partial charge >= 0.3 is 0 Å². The fourth-order valence-electron chi connectivity index (χ4n) is 2.31. The summed E-state index contributed by atoms with van der Waals surface area (Å²) in [5.41, 5.74) is 1.74. The van der Waals surface area contributed by atoms with E-state index in [1.54, 1.807) is 35.3 Å². The van der Waals surface area contributed by atoms with Crippen LogP contribution in [0.4, 0.5) is 0 Å². The lowest BCUT2D eigenvalue weighted by Crippen LogP contribution is -2.05. The molecule has 2 aromatic heterocycles. The largest absolute Gasteiger partial charge is 0.474 e. The zero-order valence-electron chi connectivity index (χ0n) is 14.7. The summed E-state index contributed by atoms with van der Waals surface area (Å²) >= 11 is 12.3. The first-order chi connectivity index (χ1) is 12.5. The second-order valence-corrected chi connectivity index (χ2v) is 6.33. The fraction of sp³-hybridized carbons (Fsp3) is 0.278. The zero-order chi connectivity index (χ0) is 18.7. The molecular formula is C18H18Cl2N4O2. The average Bonchev–Trinajstić information content (AvgIpc) is 2.95. The van der Waals surface area contributed by atoms with Crippen LogP contribution in [0.2, 0.25) is 10.0 Å². The predicted octanol–water partition coefficient (Wildman–Crippen LogP) is 5.03. The number of aromatic nitrogens is 4. The molecule has 0 spiro atoms. The van der Waals surface area contributed by atoms with Crippen LogP contribution in [0.5, 0.6) is 17.4 Å². The van der Waals surface area contributed by atoms with Crippen LogP contribution in [0, 0.1) is 6.92 Å². The molecule has 0 atom stereocenters. The third-order valence-electron chi connectivity index (χ3n) is 3.71. The van der Waals surface area contributed by atoms with Crippen LogP contribution in [0.25, 0.3) is 5.95 Å². The molecule has 2 heterocycles. The molecule has 6 nitrogen and oxygen atoms in total. The Labute approximate surface area is 161 Å². The van der Waals surface area contributed by atoms with E-state index in [1.807, 2.05) is 20.8 Å². The number of benzene rings is 1. The summed E-state index contributed by atoms with van der Waals surface area (Å²) in [6.07, 6.45) is 4.42. The first-order valence-electron chi connectivity index (χ1n) is 8.20. The molecule has 0 aliphatic rings. The van der Waals surface area contributed by atoms with E-state index in [4.69, 9.17) is 32.7 Å². The topological polar surface area (TPSA) is 62.1 Å². The second kappa shape index (κ2) is 7.93. The highest BCUT2D eigenvalue weighted by atomic mass is 35.5. The SMILES string of the molecule is CCOc1nn(-c2ncc(CC)cn2)c(C)c1Oc1cc(Cl)ccc1Cl. The molecule has 136 valence electrons. The van der Waals surface area contributed by atoms with Crippen molar-refractivity contribution in [1.82, 2.24) is 19.7 Å². The molecule has 0 aliphatic heterocycles. The normalized spacial score (nSPS) is 10.8. The smallest absolute Gasteiger partial charge is 0.277 e. The summed E-state index contributed by atoms with van der Waals surface area (Å²) in [4.78, 5) is 8.73. The van der Waals surface area contributed by atoms with Crippen LogP contribution >= 0.6 is 23.2 Å². The summed E-state index contributed by atoms with van der Waals surface area (Å²) in [5, 5.41) is 5.40. The molecular weight excluding hydrogens is 375 g/mol. The molecule has 0 bridgehead atoms. The lowest BCUT2D eigenvalue weighted by molar-refractivity contribution is 0.308. The van der Waals surface area contributed by atoms with Crippen molar-refractivity contribution < 1.29 is 9.47 Å². The quantitative estimate of drug-likeness (QED) is 0.588. The monoisotopic (exact) mass is 392 g/mol. The van der Waals surface area contributed by atoms with Gasteiger partial charge in [-0.1, -0.05) is 30.1 Å². The van der Waals surface area contributed by atoms with Crippen LogP contribution in [0.3, 0.4) is 0 Å². The molecule has 0 saturated heterocycles. The number of ether oxygens (including phenoxy) is 2. The van der Waals surface area contributed by atoms with E-state index in [9.17, 15) is 0 Å². The van der Waals surface area contributed by atoms with Gasteiger partial charge < -0.3 is 9.47 Å². The Kier molecular flexibility index (Phi) is 5.64. The van der Waals surface area contributed by atoms with E-state index in [0.717, 1.165) is 12.0 Å². The van der Waals surface area contributed by atoms with E-state index < -0.39 is 0 Å². The Morgan fingerprint density at radius 2 is 1.85 bits per heavy atom. The second-order valence-electron chi connectivity index (χ2n) is 5.49. The molecule has 0 amide bonds. The number of halogens is 2. The van der Waals surface area contributed by atoms with Crippen molar-refractivity contribution >= 4 is 23.2 Å². The van der Waals surface area contributed by atoms with Gasteiger partial charge in [-0.3, -0.25) is 0 Å². The molecule has 26 heavy (non-hydrogen) atoms. The molecule has 0 radical (unpaired) electrons. The van der Waals surface area contributed by atoms with Crippen molar-refractivity contribution in [3.05, 3.63) is 51.9 Å². The summed E-state index contributed by atoms with van der Waals surface area (Å²) in [7, 11) is 0. The van der Waals surface area contributed by atoms with Crippen molar-refractivity contribution in [2.45, 2.75) is 27.2 Å². The van der Waals surface area contributed by atoms with Gasteiger partial charge in [0.1, 0.15) is 5.75 Å². The van der Waals surface area contributed by atoms with Crippen molar-refractivity contribution in [3.63, 3.8) is 0 Å². The highest BCUT2D eigenvalue weighted by Crippen LogP contribution is 2.38. The third-order valence-corrected chi connectivity index (χ3v) is 4.25. The van der Waals surface area contributed by atoms with Gasteiger partial charge in [-0.25, -0.2) is 9.97 Å². The molecule has 8 heteroatoms. The lowest BCUT2D eigenvalue weighted by atomic mass is 10.3. The Morgan fingerprint density at radius 3 is 2.50 bits per heavy atom. The average molecular weight is 393 g/mol. The highest BCUT2D eigenvalue weighted by Gasteiger charge is 2.21. The van der Waals surface area contributed by atoms with Crippen molar-refractivity contribution in [2.75, 3.05) is 6.61 Å². The van der Waals surface area contributed by atoms with Crippen LogP contribution in [-0.4, -0.2) is 26.4 Å². The summed E-state index contributed by atoms with van der Waals surface area (Å²) < 4.78 is 13.2. The standard InChI is InChI=1S/C18H18Cl2N4O2/c1-4-12-9-21-18(22-10-12)24-11(3)16(17(23-24)25-5-2)26-15-8-13(19)6-7-14(15)20/h6-10H,4-5H2,1-3H3. The molecule has 3 rings (SSSR count).